The Morgan fingerprint density at radius 1 is 0.778 bits per heavy atom. The smallest absolute Gasteiger partial charge is 0.260 e. The molecule has 0 unspecified atom stereocenters. The maximum Gasteiger partial charge on any atom is 0.408 e. The third-order valence-corrected chi connectivity index (χ3v) is 5.92. The molecule has 2 aromatic rings. The van der Waals surface area contributed by atoms with Crippen molar-refractivity contribution in [1.29, 1.82) is 0 Å². The van der Waals surface area contributed by atoms with Gasteiger partial charge in [-0.3, -0.25) is 10.0 Å². The molecular formula is C14H12AlCl3. The van der Waals surface area contributed by atoms with Gasteiger partial charge in [-0.1, -0.05) is 69.2 Å². The second-order valence-electron chi connectivity index (χ2n) is 4.27. The lowest BCUT2D eigenvalue weighted by Gasteiger charge is -2.06. The fraction of sp³-hybridized carbons (Fsp3) is 0.143. The zero-order chi connectivity index (χ0) is 13.0. The van der Waals surface area contributed by atoms with Crippen molar-refractivity contribution in [2.45, 2.75) is 10.6 Å². The van der Waals surface area contributed by atoms with E-state index in [9.17, 15) is 0 Å². The number of hydrogen-bond acceptors (Lipinski definition) is 0. The van der Waals surface area contributed by atoms with Gasteiger partial charge in [0.15, 0.2) is 0 Å². The Hall–Kier alpha value is -0.158. The molecule has 0 saturated carbocycles. The minimum atomic E-state index is -1.34. The van der Waals surface area contributed by atoms with E-state index in [0.29, 0.717) is 0 Å². The topological polar surface area (TPSA) is 0 Å². The van der Waals surface area contributed by atoms with Crippen LogP contribution in [0.2, 0.25) is 10.0 Å². The number of hydrogen-bond donors (Lipinski definition) is 0. The van der Waals surface area contributed by atoms with Crippen molar-refractivity contribution < 1.29 is 0 Å². The van der Waals surface area contributed by atoms with Crippen LogP contribution < -0.4 is 0 Å². The summed E-state index contributed by atoms with van der Waals surface area (Å²) in [5.74, 6) is 0. The second kappa shape index (κ2) is 6.85. The Kier molecular flexibility index (Phi) is 5.42. The van der Waals surface area contributed by atoms with Crippen LogP contribution in [0.25, 0.3) is 0 Å². The van der Waals surface area contributed by atoms with E-state index in [0.717, 1.165) is 20.6 Å². The van der Waals surface area contributed by atoms with Gasteiger partial charge >= 0.3 is 13.2 Å². The van der Waals surface area contributed by atoms with E-state index in [4.69, 9.17) is 33.3 Å². The third-order valence-electron chi connectivity index (χ3n) is 2.69. The Labute approximate surface area is 126 Å². The zero-order valence-corrected chi connectivity index (χ0v) is 13.2. The molecule has 2 aromatic carbocycles. The number of rotatable bonds is 4. The molecule has 0 nitrogen and oxygen atoms in total. The summed E-state index contributed by atoms with van der Waals surface area (Å²) >= 11 is 10.6. The van der Waals surface area contributed by atoms with Crippen LogP contribution in [0, 0.1) is 0 Å². The van der Waals surface area contributed by atoms with Gasteiger partial charge in [-0.15, -0.1) is 0 Å². The summed E-state index contributed by atoms with van der Waals surface area (Å²) in [7, 11) is 6.51. The van der Waals surface area contributed by atoms with Gasteiger partial charge in [-0.2, -0.15) is 0 Å². The van der Waals surface area contributed by atoms with Crippen LogP contribution in [0.5, 0.6) is 0 Å². The van der Waals surface area contributed by atoms with E-state index in [1.54, 1.807) is 0 Å². The molecule has 0 aliphatic carbocycles. The largest absolute Gasteiger partial charge is 0.408 e. The quantitative estimate of drug-likeness (QED) is 0.690. The highest BCUT2D eigenvalue weighted by Crippen LogP contribution is 2.17. The van der Waals surface area contributed by atoms with Crippen molar-refractivity contribution in [2.24, 2.45) is 0 Å². The average Bonchev–Trinajstić information content (AvgIpc) is 2.28. The van der Waals surface area contributed by atoms with Crippen molar-refractivity contribution in [3.05, 3.63) is 69.7 Å². The third kappa shape index (κ3) is 4.50. The molecular weight excluding hydrogens is 301 g/mol. The second-order valence-corrected chi connectivity index (χ2v) is 9.00. The molecule has 0 aliphatic heterocycles. The van der Waals surface area contributed by atoms with E-state index >= 15 is 0 Å². The fourth-order valence-corrected chi connectivity index (χ4v) is 5.08. The highest BCUT2D eigenvalue weighted by atomic mass is 35.6. The Morgan fingerprint density at radius 3 is 1.61 bits per heavy atom. The summed E-state index contributed by atoms with van der Waals surface area (Å²) in [5, 5.41) is 3.42. The van der Waals surface area contributed by atoms with Crippen molar-refractivity contribution in [2.75, 3.05) is 0 Å². The normalized spacial score (nSPS) is 10.4. The molecule has 0 amide bonds. The molecule has 0 heterocycles. The molecule has 4 heteroatoms. The van der Waals surface area contributed by atoms with E-state index in [1.165, 1.54) is 11.1 Å². The van der Waals surface area contributed by atoms with Gasteiger partial charge in [-0.25, -0.2) is 0 Å². The minimum Gasteiger partial charge on any atom is -0.260 e. The summed E-state index contributed by atoms with van der Waals surface area (Å²) in [5.41, 5.74) is 2.44. The van der Waals surface area contributed by atoms with Crippen molar-refractivity contribution in [3.8, 4) is 0 Å². The lowest BCUT2D eigenvalue weighted by molar-refractivity contribution is 1.29. The first-order chi connectivity index (χ1) is 8.63. The lowest BCUT2D eigenvalue weighted by atomic mass is 10.2. The van der Waals surface area contributed by atoms with Gasteiger partial charge in [0.2, 0.25) is 0 Å². The minimum absolute atomic E-state index is 0.771. The molecule has 92 valence electrons. The summed E-state index contributed by atoms with van der Waals surface area (Å²) < 4.78 is 0. The Morgan fingerprint density at radius 2 is 1.22 bits per heavy atom. The number of benzene rings is 2. The average molecular weight is 314 g/mol. The lowest BCUT2D eigenvalue weighted by Crippen LogP contribution is -2.13. The standard InChI is InChI=1S/2C7H6Cl.Al.ClH/c2*1-6-3-2-4-7(8)5-6;;/h2*2-5H,1H2;;1H/q;;+1;/p-1. The van der Waals surface area contributed by atoms with Crippen LogP contribution in [0.3, 0.4) is 0 Å². The predicted octanol–water partition coefficient (Wildman–Crippen LogP) is 5.09. The molecule has 0 aromatic heterocycles. The van der Waals surface area contributed by atoms with Crippen molar-refractivity contribution in [1.82, 2.24) is 0 Å². The maximum absolute atomic E-state index is 6.51. The SMILES string of the molecule is Clc1cccc([CH2][Al]([Cl])[CH2]c2cccc(Cl)c2)c1. The van der Waals surface area contributed by atoms with Gasteiger partial charge in [0, 0.05) is 10.0 Å². The van der Waals surface area contributed by atoms with Gasteiger partial charge < -0.3 is 0 Å². The first-order valence-corrected chi connectivity index (χ1v) is 9.90. The van der Waals surface area contributed by atoms with Crippen molar-refractivity contribution >= 4 is 46.5 Å². The highest BCUT2D eigenvalue weighted by Gasteiger charge is 2.16. The first kappa shape index (κ1) is 14.3. The molecule has 0 saturated heterocycles. The van der Waals surface area contributed by atoms with Crippen LogP contribution in [-0.2, 0) is 10.6 Å². The zero-order valence-electron chi connectivity index (χ0n) is 9.74. The van der Waals surface area contributed by atoms with Gasteiger partial charge in [0.05, 0.1) is 0 Å². The maximum atomic E-state index is 6.51. The van der Waals surface area contributed by atoms with E-state index in [2.05, 4.69) is 12.1 Å². The van der Waals surface area contributed by atoms with Crippen LogP contribution >= 0.6 is 33.3 Å². The molecule has 0 N–H and O–H groups in total. The Balaban J connectivity index is 1.98. The van der Waals surface area contributed by atoms with E-state index < -0.39 is 13.2 Å². The molecule has 0 spiro atoms. The van der Waals surface area contributed by atoms with E-state index in [-0.39, 0.29) is 0 Å². The van der Waals surface area contributed by atoms with Crippen molar-refractivity contribution in [3.63, 3.8) is 0 Å². The van der Waals surface area contributed by atoms with E-state index in [1.807, 2.05) is 36.4 Å². The predicted molar refractivity (Wildman–Crippen MR) is 81.9 cm³/mol. The fourth-order valence-electron chi connectivity index (χ4n) is 1.91. The summed E-state index contributed by atoms with van der Waals surface area (Å²) in [6.45, 7) is 0. The van der Waals surface area contributed by atoms with Crippen LogP contribution in [0.4, 0.5) is 0 Å². The summed E-state index contributed by atoms with van der Waals surface area (Å²) in [4.78, 5) is 0. The van der Waals surface area contributed by atoms with Gasteiger partial charge in [-0.05, 0) is 24.3 Å². The Bertz CT molecular complexity index is 480. The van der Waals surface area contributed by atoms with Crippen LogP contribution in [0.15, 0.2) is 48.5 Å². The molecule has 0 atom stereocenters. The number of halogens is 3. The monoisotopic (exact) mass is 312 g/mol. The molecule has 0 fully saturated rings. The van der Waals surface area contributed by atoms with Gasteiger partial charge in [0.25, 0.3) is 0 Å². The molecule has 0 radical (unpaired) electrons. The van der Waals surface area contributed by atoms with Crippen LogP contribution in [0.1, 0.15) is 11.1 Å². The summed E-state index contributed by atoms with van der Waals surface area (Å²) in [6.07, 6.45) is 0. The molecule has 0 bridgehead atoms. The molecule has 18 heavy (non-hydrogen) atoms. The summed E-state index contributed by atoms with van der Waals surface area (Å²) in [6, 6.07) is 15.8. The van der Waals surface area contributed by atoms with Gasteiger partial charge in [0.1, 0.15) is 0 Å². The van der Waals surface area contributed by atoms with Crippen LogP contribution in [-0.4, -0.2) is 13.2 Å². The first-order valence-electron chi connectivity index (χ1n) is 5.76. The molecule has 0 aliphatic rings. The molecule has 2 rings (SSSR count). The highest BCUT2D eigenvalue weighted by molar-refractivity contribution is 7.06.